The van der Waals surface area contributed by atoms with E-state index in [1.165, 1.54) is 17.4 Å². The van der Waals surface area contributed by atoms with Crippen molar-refractivity contribution in [2.45, 2.75) is 78.5 Å². The van der Waals surface area contributed by atoms with Gasteiger partial charge in [0.2, 0.25) is 0 Å². The van der Waals surface area contributed by atoms with Crippen molar-refractivity contribution in [3.63, 3.8) is 0 Å². The van der Waals surface area contributed by atoms with E-state index in [0.29, 0.717) is 36.6 Å². The lowest BCUT2D eigenvalue weighted by atomic mass is 9.96. The highest BCUT2D eigenvalue weighted by molar-refractivity contribution is 7.09. The fraction of sp³-hybridized carbons (Fsp3) is 0.548. The van der Waals surface area contributed by atoms with Crippen LogP contribution in [0.3, 0.4) is 0 Å². The molecule has 220 valence electrons. The van der Waals surface area contributed by atoms with Gasteiger partial charge in [-0.1, -0.05) is 77.6 Å². The van der Waals surface area contributed by atoms with Crippen LogP contribution in [0.1, 0.15) is 81.0 Å². The third kappa shape index (κ3) is 11.2. The standard InChI is InChI=1S/C31H45N3O5S/c1-8-14-38-31(37)22(6)16-24(17-23-12-10-9-11-13-23)33-29(36)26-19-40-30(34-26)27(18-25(32-7)21(4)5)39-28(35)15-20(2)3/h8-13,19-22,24-25,27,32H,1,14-18H2,2-7H3,(H,33,36)/t22-,24+,25+,27+/m0/s1. The van der Waals surface area contributed by atoms with E-state index in [9.17, 15) is 14.4 Å². The molecule has 2 N–H and O–H groups in total. The quantitative estimate of drug-likeness (QED) is 0.191. The van der Waals surface area contributed by atoms with Gasteiger partial charge in [-0.05, 0) is 37.3 Å². The lowest BCUT2D eigenvalue weighted by molar-refractivity contribution is -0.151. The van der Waals surface area contributed by atoms with Gasteiger partial charge in [0.05, 0.1) is 5.92 Å². The Balaban J connectivity index is 2.22. The molecule has 0 aliphatic rings. The normalized spacial score (nSPS) is 14.3. The number of amides is 1. The number of nitrogens with zero attached hydrogens (tertiary/aromatic N) is 1. The van der Waals surface area contributed by atoms with E-state index in [0.717, 1.165) is 5.56 Å². The summed E-state index contributed by atoms with van der Waals surface area (Å²) in [6.07, 6.45) is 2.79. The number of hydrogen-bond donors (Lipinski definition) is 2. The van der Waals surface area contributed by atoms with Crippen molar-refractivity contribution in [3.8, 4) is 0 Å². The molecule has 0 bridgehead atoms. The molecule has 2 aromatic rings. The highest BCUT2D eigenvalue weighted by atomic mass is 32.1. The van der Waals surface area contributed by atoms with Gasteiger partial charge in [0.15, 0.2) is 6.10 Å². The second kappa shape index (κ2) is 16.9. The maximum Gasteiger partial charge on any atom is 0.309 e. The van der Waals surface area contributed by atoms with Crippen LogP contribution < -0.4 is 10.6 Å². The van der Waals surface area contributed by atoms with Crippen molar-refractivity contribution in [1.82, 2.24) is 15.6 Å². The molecule has 4 atom stereocenters. The molecule has 1 amide bonds. The number of aromatic nitrogens is 1. The lowest BCUT2D eigenvalue weighted by Gasteiger charge is -2.25. The van der Waals surface area contributed by atoms with Gasteiger partial charge in [0.25, 0.3) is 5.91 Å². The molecule has 1 aromatic heterocycles. The molecule has 9 heteroatoms. The SMILES string of the molecule is C=CCOC(=O)[C@@H](C)C[C@H](Cc1ccccc1)NC(=O)c1csc([C@@H](C[C@@H](NC)C(C)C)OC(=O)CC(C)C)n1. The average molecular weight is 572 g/mol. The van der Waals surface area contributed by atoms with Crippen LogP contribution in [-0.4, -0.2) is 48.6 Å². The summed E-state index contributed by atoms with van der Waals surface area (Å²) in [6, 6.07) is 9.59. The van der Waals surface area contributed by atoms with Crippen LogP contribution >= 0.6 is 11.3 Å². The van der Waals surface area contributed by atoms with Gasteiger partial charge in [0, 0.05) is 30.3 Å². The first-order valence-corrected chi connectivity index (χ1v) is 14.9. The minimum atomic E-state index is -0.558. The molecule has 0 fully saturated rings. The summed E-state index contributed by atoms with van der Waals surface area (Å²) in [5, 5.41) is 8.65. The van der Waals surface area contributed by atoms with Crippen molar-refractivity contribution in [2.75, 3.05) is 13.7 Å². The van der Waals surface area contributed by atoms with Gasteiger partial charge in [-0.3, -0.25) is 14.4 Å². The lowest BCUT2D eigenvalue weighted by Crippen LogP contribution is -2.39. The topological polar surface area (TPSA) is 107 Å². The van der Waals surface area contributed by atoms with Gasteiger partial charge in [0.1, 0.15) is 17.3 Å². The Morgan fingerprint density at radius 3 is 2.38 bits per heavy atom. The van der Waals surface area contributed by atoms with E-state index < -0.39 is 12.0 Å². The van der Waals surface area contributed by atoms with Gasteiger partial charge < -0.3 is 20.1 Å². The fourth-order valence-corrected chi connectivity index (χ4v) is 5.23. The molecule has 40 heavy (non-hydrogen) atoms. The third-order valence-electron chi connectivity index (χ3n) is 6.57. The Morgan fingerprint density at radius 1 is 1.07 bits per heavy atom. The Hall–Kier alpha value is -3.04. The summed E-state index contributed by atoms with van der Waals surface area (Å²) in [6.45, 7) is 13.7. The predicted octanol–water partition coefficient (Wildman–Crippen LogP) is 5.50. The van der Waals surface area contributed by atoms with Crippen molar-refractivity contribution < 1.29 is 23.9 Å². The Bertz CT molecular complexity index is 1090. The summed E-state index contributed by atoms with van der Waals surface area (Å²) < 4.78 is 11.1. The van der Waals surface area contributed by atoms with Crippen LogP contribution in [0.2, 0.25) is 0 Å². The number of thiazole rings is 1. The molecule has 0 radical (unpaired) electrons. The molecule has 1 aromatic carbocycles. The number of ether oxygens (including phenoxy) is 2. The minimum absolute atomic E-state index is 0.107. The second-order valence-corrected chi connectivity index (χ2v) is 11.8. The summed E-state index contributed by atoms with van der Waals surface area (Å²) in [5.74, 6) is -0.874. The molecule has 0 saturated heterocycles. The van der Waals surface area contributed by atoms with Crippen molar-refractivity contribution in [3.05, 3.63) is 64.6 Å². The molecule has 0 spiro atoms. The van der Waals surface area contributed by atoms with Crippen molar-refractivity contribution in [2.24, 2.45) is 17.8 Å². The smallest absolute Gasteiger partial charge is 0.309 e. The molecule has 0 aliphatic carbocycles. The Morgan fingerprint density at radius 2 is 1.77 bits per heavy atom. The number of benzene rings is 1. The van der Waals surface area contributed by atoms with Gasteiger partial charge >= 0.3 is 11.9 Å². The summed E-state index contributed by atoms with van der Waals surface area (Å²) >= 11 is 1.31. The highest BCUT2D eigenvalue weighted by Crippen LogP contribution is 2.29. The molecule has 1 heterocycles. The minimum Gasteiger partial charge on any atom is -0.461 e. The van der Waals surface area contributed by atoms with Gasteiger partial charge in [-0.25, -0.2) is 4.98 Å². The zero-order chi connectivity index (χ0) is 29.7. The predicted molar refractivity (Wildman–Crippen MR) is 159 cm³/mol. The van der Waals surface area contributed by atoms with Crippen LogP contribution in [0, 0.1) is 17.8 Å². The average Bonchev–Trinajstić information content (AvgIpc) is 3.40. The number of rotatable bonds is 17. The van der Waals surface area contributed by atoms with E-state index >= 15 is 0 Å². The number of esters is 2. The van der Waals surface area contributed by atoms with Crippen LogP contribution in [0.4, 0.5) is 0 Å². The first-order chi connectivity index (χ1) is 19.0. The molecule has 2 rings (SSSR count). The number of carbonyl (C=O) groups is 3. The van der Waals surface area contributed by atoms with E-state index in [4.69, 9.17) is 9.47 Å². The van der Waals surface area contributed by atoms with E-state index in [-0.39, 0.29) is 48.1 Å². The second-order valence-electron chi connectivity index (χ2n) is 10.9. The molecule has 0 saturated carbocycles. The molecule has 0 aliphatic heterocycles. The monoisotopic (exact) mass is 571 g/mol. The number of hydrogen-bond acceptors (Lipinski definition) is 8. The zero-order valence-corrected chi connectivity index (χ0v) is 25.5. The maximum atomic E-state index is 13.3. The van der Waals surface area contributed by atoms with Crippen LogP contribution in [0.5, 0.6) is 0 Å². The highest BCUT2D eigenvalue weighted by Gasteiger charge is 2.28. The molecular weight excluding hydrogens is 526 g/mol. The van der Waals surface area contributed by atoms with E-state index in [1.807, 2.05) is 51.2 Å². The third-order valence-corrected chi connectivity index (χ3v) is 7.50. The fourth-order valence-electron chi connectivity index (χ4n) is 4.39. The number of carbonyl (C=O) groups excluding carboxylic acids is 3. The van der Waals surface area contributed by atoms with Crippen molar-refractivity contribution in [1.29, 1.82) is 0 Å². The van der Waals surface area contributed by atoms with Crippen molar-refractivity contribution >= 4 is 29.2 Å². The molecular formula is C31H45N3O5S. The van der Waals surface area contributed by atoms with Gasteiger partial charge in [-0.15, -0.1) is 11.3 Å². The largest absolute Gasteiger partial charge is 0.461 e. The number of nitrogens with one attached hydrogen (secondary N) is 2. The first-order valence-electron chi connectivity index (χ1n) is 14.0. The summed E-state index contributed by atoms with van der Waals surface area (Å²) in [7, 11) is 1.89. The van der Waals surface area contributed by atoms with E-state index in [2.05, 4.69) is 36.0 Å². The molecule has 0 unspecified atom stereocenters. The Labute approximate surface area is 242 Å². The summed E-state index contributed by atoms with van der Waals surface area (Å²) in [5.41, 5.74) is 1.30. The zero-order valence-electron chi connectivity index (χ0n) is 24.6. The van der Waals surface area contributed by atoms with E-state index in [1.54, 1.807) is 12.3 Å². The van der Waals surface area contributed by atoms with Crippen LogP contribution in [0.25, 0.3) is 0 Å². The molecule has 8 nitrogen and oxygen atoms in total. The maximum absolute atomic E-state index is 13.3. The Kier molecular flexibility index (Phi) is 14.0. The van der Waals surface area contributed by atoms with Gasteiger partial charge in [-0.2, -0.15) is 0 Å². The van der Waals surface area contributed by atoms with Crippen LogP contribution in [0.15, 0.2) is 48.4 Å². The van der Waals surface area contributed by atoms with Crippen LogP contribution in [-0.2, 0) is 25.5 Å². The first kappa shape index (κ1) is 33.2. The summed E-state index contributed by atoms with van der Waals surface area (Å²) in [4.78, 5) is 42.9.